The Bertz CT molecular complexity index is 322. The van der Waals surface area contributed by atoms with Crippen molar-refractivity contribution in [3.05, 3.63) is 0 Å². The summed E-state index contributed by atoms with van der Waals surface area (Å²) in [5, 5.41) is 0. The molecule has 3 heteroatoms. The molecule has 0 heterocycles. The van der Waals surface area contributed by atoms with Crippen molar-refractivity contribution in [2.24, 2.45) is 11.8 Å². The molecule has 0 aromatic heterocycles. The molecule has 20 heavy (non-hydrogen) atoms. The summed E-state index contributed by atoms with van der Waals surface area (Å²) in [5.74, 6) is 1.31. The highest BCUT2D eigenvalue weighted by atomic mass is 16.6. The molecule has 0 bridgehead atoms. The second-order valence-corrected chi connectivity index (χ2v) is 7.08. The average molecular weight is 282 g/mol. The van der Waals surface area contributed by atoms with Gasteiger partial charge in [0.15, 0.2) is 0 Å². The Labute approximate surface area is 123 Å². The van der Waals surface area contributed by atoms with Crippen LogP contribution in [0.4, 0.5) is 0 Å². The molecule has 3 unspecified atom stereocenters. The molecule has 0 aromatic rings. The summed E-state index contributed by atoms with van der Waals surface area (Å²) >= 11 is 0. The molecule has 2 aliphatic rings. The highest BCUT2D eigenvalue weighted by molar-refractivity contribution is 5.71. The summed E-state index contributed by atoms with van der Waals surface area (Å²) in [5.41, 5.74) is -0.375. The number of carbonyl (C=O) groups is 1. The van der Waals surface area contributed by atoms with Crippen molar-refractivity contribution in [2.45, 2.75) is 83.8 Å². The summed E-state index contributed by atoms with van der Waals surface area (Å²) < 4.78 is 11.4. The fourth-order valence-corrected chi connectivity index (χ4v) is 3.67. The predicted molar refractivity (Wildman–Crippen MR) is 79.5 cm³/mol. The maximum Gasteiger partial charge on any atom is 0.332 e. The van der Waals surface area contributed by atoms with Crippen LogP contribution in [0.5, 0.6) is 0 Å². The molecule has 2 fully saturated rings. The SMILES string of the molecule is CCC(C)(C)OC(=O)COC1CCCC2CCCCC21. The second-order valence-electron chi connectivity index (χ2n) is 7.08. The zero-order chi connectivity index (χ0) is 14.6. The van der Waals surface area contributed by atoms with Gasteiger partial charge < -0.3 is 9.47 Å². The van der Waals surface area contributed by atoms with Crippen LogP contribution in [-0.4, -0.2) is 24.3 Å². The number of ether oxygens (including phenoxy) is 2. The molecule has 0 spiro atoms. The van der Waals surface area contributed by atoms with Crippen LogP contribution < -0.4 is 0 Å². The summed E-state index contributed by atoms with van der Waals surface area (Å²) in [4.78, 5) is 11.9. The van der Waals surface area contributed by atoms with E-state index in [-0.39, 0.29) is 24.3 Å². The quantitative estimate of drug-likeness (QED) is 0.712. The van der Waals surface area contributed by atoms with E-state index < -0.39 is 0 Å². The topological polar surface area (TPSA) is 35.5 Å². The standard InChI is InChI=1S/C17H30O3/c1-4-17(2,3)20-16(18)12-19-15-11-7-9-13-8-5-6-10-14(13)15/h13-15H,4-12H2,1-3H3. The lowest BCUT2D eigenvalue weighted by Gasteiger charge is -2.41. The van der Waals surface area contributed by atoms with Gasteiger partial charge in [-0.05, 0) is 51.4 Å². The van der Waals surface area contributed by atoms with E-state index in [0.717, 1.165) is 18.8 Å². The van der Waals surface area contributed by atoms with Gasteiger partial charge in [-0.3, -0.25) is 0 Å². The number of hydrogen-bond acceptors (Lipinski definition) is 3. The van der Waals surface area contributed by atoms with E-state index in [1.807, 2.05) is 20.8 Å². The molecule has 0 aliphatic heterocycles. The van der Waals surface area contributed by atoms with E-state index in [1.165, 1.54) is 38.5 Å². The Morgan fingerprint density at radius 2 is 1.80 bits per heavy atom. The van der Waals surface area contributed by atoms with Gasteiger partial charge in [0.25, 0.3) is 0 Å². The number of rotatable bonds is 5. The zero-order valence-electron chi connectivity index (χ0n) is 13.3. The van der Waals surface area contributed by atoms with Crippen molar-refractivity contribution in [3.63, 3.8) is 0 Å². The molecule has 0 radical (unpaired) electrons. The van der Waals surface area contributed by atoms with E-state index in [1.54, 1.807) is 0 Å². The summed E-state index contributed by atoms with van der Waals surface area (Å²) in [6, 6.07) is 0. The van der Waals surface area contributed by atoms with Crippen molar-refractivity contribution >= 4 is 5.97 Å². The fourth-order valence-electron chi connectivity index (χ4n) is 3.67. The van der Waals surface area contributed by atoms with Gasteiger partial charge in [-0.15, -0.1) is 0 Å². The lowest BCUT2D eigenvalue weighted by atomic mass is 9.69. The van der Waals surface area contributed by atoms with E-state index in [4.69, 9.17) is 9.47 Å². The van der Waals surface area contributed by atoms with Gasteiger partial charge >= 0.3 is 5.97 Å². The lowest BCUT2D eigenvalue weighted by molar-refractivity contribution is -0.167. The molecule has 3 nitrogen and oxygen atoms in total. The average Bonchev–Trinajstić information content (AvgIpc) is 2.44. The lowest BCUT2D eigenvalue weighted by Crippen LogP contribution is -2.38. The first-order valence-electron chi connectivity index (χ1n) is 8.35. The first-order valence-corrected chi connectivity index (χ1v) is 8.35. The summed E-state index contributed by atoms with van der Waals surface area (Å²) in [6.07, 6.45) is 10.2. The van der Waals surface area contributed by atoms with Crippen LogP contribution >= 0.6 is 0 Å². The van der Waals surface area contributed by atoms with E-state index >= 15 is 0 Å². The van der Waals surface area contributed by atoms with Crippen molar-refractivity contribution in [1.29, 1.82) is 0 Å². The Hall–Kier alpha value is -0.570. The highest BCUT2D eigenvalue weighted by Crippen LogP contribution is 2.41. The monoisotopic (exact) mass is 282 g/mol. The number of fused-ring (bicyclic) bond motifs is 1. The normalized spacial score (nSPS) is 30.6. The minimum atomic E-state index is -0.375. The van der Waals surface area contributed by atoms with Gasteiger partial charge in [0.05, 0.1) is 6.10 Å². The summed E-state index contributed by atoms with van der Waals surface area (Å²) in [7, 11) is 0. The highest BCUT2D eigenvalue weighted by Gasteiger charge is 2.35. The first kappa shape index (κ1) is 15.8. The Balaban J connectivity index is 1.79. The van der Waals surface area contributed by atoms with E-state index in [0.29, 0.717) is 5.92 Å². The molecule has 0 saturated heterocycles. The van der Waals surface area contributed by atoms with E-state index in [2.05, 4.69) is 0 Å². The molecule has 116 valence electrons. The first-order chi connectivity index (χ1) is 9.52. The molecule has 0 amide bonds. The fraction of sp³-hybridized carbons (Fsp3) is 0.941. The molecule has 0 N–H and O–H groups in total. The van der Waals surface area contributed by atoms with Gasteiger partial charge in [0, 0.05) is 0 Å². The molecule has 2 saturated carbocycles. The van der Waals surface area contributed by atoms with Gasteiger partial charge in [-0.25, -0.2) is 4.79 Å². The number of carbonyl (C=O) groups excluding carboxylic acids is 1. The Kier molecular flexibility index (Phi) is 5.48. The third-order valence-electron chi connectivity index (χ3n) is 5.17. The predicted octanol–water partition coefficient (Wildman–Crippen LogP) is 4.09. The largest absolute Gasteiger partial charge is 0.458 e. The van der Waals surface area contributed by atoms with Crippen LogP contribution in [-0.2, 0) is 14.3 Å². The minimum Gasteiger partial charge on any atom is -0.458 e. The van der Waals surface area contributed by atoms with Crippen molar-refractivity contribution in [3.8, 4) is 0 Å². The van der Waals surface area contributed by atoms with Crippen LogP contribution in [0.15, 0.2) is 0 Å². The minimum absolute atomic E-state index is 0.122. The maximum atomic E-state index is 11.9. The Morgan fingerprint density at radius 3 is 2.55 bits per heavy atom. The van der Waals surface area contributed by atoms with Gasteiger partial charge in [0.2, 0.25) is 0 Å². The second kappa shape index (κ2) is 6.93. The smallest absolute Gasteiger partial charge is 0.332 e. The van der Waals surface area contributed by atoms with Crippen LogP contribution in [0, 0.1) is 11.8 Å². The van der Waals surface area contributed by atoms with Crippen LogP contribution in [0.1, 0.15) is 72.1 Å². The molecule has 3 atom stereocenters. The zero-order valence-corrected chi connectivity index (χ0v) is 13.3. The summed E-state index contributed by atoms with van der Waals surface area (Å²) in [6.45, 7) is 6.05. The Morgan fingerprint density at radius 1 is 1.10 bits per heavy atom. The molecule has 2 aliphatic carbocycles. The van der Waals surface area contributed by atoms with Crippen molar-refractivity contribution < 1.29 is 14.3 Å². The van der Waals surface area contributed by atoms with E-state index in [9.17, 15) is 4.79 Å². The van der Waals surface area contributed by atoms with Crippen molar-refractivity contribution in [2.75, 3.05) is 6.61 Å². The third kappa shape index (κ3) is 4.21. The van der Waals surface area contributed by atoms with Gasteiger partial charge in [-0.2, -0.15) is 0 Å². The molecule has 0 aromatic carbocycles. The third-order valence-corrected chi connectivity index (χ3v) is 5.17. The molecular formula is C17H30O3. The van der Waals surface area contributed by atoms with Crippen LogP contribution in [0.25, 0.3) is 0 Å². The maximum absolute atomic E-state index is 11.9. The van der Waals surface area contributed by atoms with Gasteiger partial charge in [-0.1, -0.05) is 32.6 Å². The van der Waals surface area contributed by atoms with Crippen LogP contribution in [0.2, 0.25) is 0 Å². The number of hydrogen-bond donors (Lipinski definition) is 0. The van der Waals surface area contributed by atoms with Crippen LogP contribution in [0.3, 0.4) is 0 Å². The number of esters is 1. The van der Waals surface area contributed by atoms with Crippen molar-refractivity contribution in [1.82, 2.24) is 0 Å². The molecule has 2 rings (SSSR count). The molecular weight excluding hydrogens is 252 g/mol. The van der Waals surface area contributed by atoms with Gasteiger partial charge in [0.1, 0.15) is 12.2 Å².